The maximum absolute atomic E-state index is 13.7. The van der Waals surface area contributed by atoms with E-state index in [1.54, 1.807) is 56.5 Å². The van der Waals surface area contributed by atoms with Crippen molar-refractivity contribution in [2.24, 2.45) is 7.05 Å². The summed E-state index contributed by atoms with van der Waals surface area (Å²) in [6.07, 6.45) is 2.61. The Labute approximate surface area is 260 Å². The van der Waals surface area contributed by atoms with Crippen molar-refractivity contribution in [3.05, 3.63) is 89.4 Å². The summed E-state index contributed by atoms with van der Waals surface area (Å²) in [5.41, 5.74) is 1.66. The molecule has 1 atom stereocenters. The normalized spacial score (nSPS) is 12.9. The highest BCUT2D eigenvalue weighted by Gasteiger charge is 2.37. The van der Waals surface area contributed by atoms with Gasteiger partial charge in [0.2, 0.25) is 11.8 Å². The number of benzene rings is 1. The van der Waals surface area contributed by atoms with Gasteiger partial charge in [0.1, 0.15) is 28.8 Å². The summed E-state index contributed by atoms with van der Waals surface area (Å²) in [7, 11) is 3.54. The van der Waals surface area contributed by atoms with Crippen molar-refractivity contribution in [2.75, 3.05) is 7.05 Å². The largest absolute Gasteiger partial charge is 0.444 e. The first-order valence-corrected chi connectivity index (χ1v) is 14.4. The Kier molecular flexibility index (Phi) is 8.53. The van der Waals surface area contributed by atoms with Crippen LogP contribution >= 0.6 is 0 Å². The predicted octanol–water partition coefficient (Wildman–Crippen LogP) is 5.08. The van der Waals surface area contributed by atoms with E-state index in [1.165, 1.54) is 12.5 Å². The summed E-state index contributed by atoms with van der Waals surface area (Å²) < 4.78 is 19.0. The summed E-state index contributed by atoms with van der Waals surface area (Å²) in [4.78, 5) is 37.0. The highest BCUT2D eigenvalue weighted by atomic mass is 16.6. The zero-order valence-electron chi connectivity index (χ0n) is 26.4. The monoisotopic (exact) mass is 612 g/mol. The van der Waals surface area contributed by atoms with Crippen LogP contribution < -0.4 is 5.32 Å². The van der Waals surface area contributed by atoms with Gasteiger partial charge >= 0.3 is 6.09 Å². The molecule has 5 rings (SSSR count). The molecule has 45 heavy (non-hydrogen) atoms. The molecular weight excluding hydrogens is 576 g/mol. The minimum absolute atomic E-state index is 0.0441. The van der Waals surface area contributed by atoms with E-state index in [1.807, 2.05) is 50.4 Å². The molecule has 0 saturated carbocycles. The highest BCUT2D eigenvalue weighted by Crippen LogP contribution is 2.30. The average molecular weight is 613 g/mol. The van der Waals surface area contributed by atoms with Gasteiger partial charge in [0.15, 0.2) is 0 Å². The molecule has 1 N–H and O–H groups in total. The number of oxazole rings is 1. The fourth-order valence-electron chi connectivity index (χ4n) is 4.83. The van der Waals surface area contributed by atoms with E-state index in [4.69, 9.17) is 13.6 Å². The molecule has 5 aromatic rings. The second-order valence-electron chi connectivity index (χ2n) is 12.1. The van der Waals surface area contributed by atoms with E-state index < -0.39 is 17.2 Å². The molecule has 234 valence electrons. The molecule has 0 aliphatic rings. The first kappa shape index (κ1) is 31.1. The van der Waals surface area contributed by atoms with Crippen LogP contribution in [0.4, 0.5) is 4.79 Å². The molecule has 2 amide bonds. The third-order valence-electron chi connectivity index (χ3n) is 6.86. The molecule has 0 fully saturated rings. The number of ether oxygens (including phenoxy) is 1. The molecule has 0 radical (unpaired) electrons. The van der Waals surface area contributed by atoms with Gasteiger partial charge in [-0.15, -0.1) is 10.2 Å². The Bertz CT molecular complexity index is 1790. The van der Waals surface area contributed by atoms with Crippen molar-refractivity contribution in [1.82, 2.24) is 40.2 Å². The lowest BCUT2D eigenvalue weighted by Gasteiger charge is -2.29. The SMILES string of the molecule is Cc1cc(CN(C)C(=O)c2cc(-c3ncco3)nc(-c3nnc([C@@](C)(Cc4ccccc4)NC(=O)OC(C)(C)C)o3)c2)n(C)n1. The van der Waals surface area contributed by atoms with Crippen LogP contribution in [0.1, 0.15) is 60.9 Å². The summed E-state index contributed by atoms with van der Waals surface area (Å²) >= 11 is 0. The van der Waals surface area contributed by atoms with E-state index in [0.717, 1.165) is 17.0 Å². The fourth-order valence-corrected chi connectivity index (χ4v) is 4.83. The number of aromatic nitrogens is 6. The average Bonchev–Trinajstić information content (AvgIpc) is 3.74. The number of amides is 2. The van der Waals surface area contributed by atoms with E-state index in [9.17, 15) is 9.59 Å². The number of nitrogens with zero attached hydrogens (tertiary/aromatic N) is 7. The molecule has 0 saturated heterocycles. The van der Waals surface area contributed by atoms with Crippen LogP contribution in [-0.2, 0) is 30.3 Å². The summed E-state index contributed by atoms with van der Waals surface area (Å²) in [6, 6.07) is 14.7. The van der Waals surface area contributed by atoms with Gasteiger partial charge < -0.3 is 23.8 Å². The van der Waals surface area contributed by atoms with Crippen molar-refractivity contribution in [1.29, 1.82) is 0 Å². The number of carbonyl (C=O) groups is 2. The molecule has 13 heteroatoms. The first-order valence-electron chi connectivity index (χ1n) is 14.4. The van der Waals surface area contributed by atoms with Crippen molar-refractivity contribution >= 4 is 12.0 Å². The van der Waals surface area contributed by atoms with Gasteiger partial charge in [-0.3, -0.25) is 9.48 Å². The van der Waals surface area contributed by atoms with Crippen LogP contribution in [0.15, 0.2) is 69.8 Å². The van der Waals surface area contributed by atoms with Crippen molar-refractivity contribution < 1.29 is 23.2 Å². The van der Waals surface area contributed by atoms with Crippen molar-refractivity contribution in [3.8, 4) is 23.2 Å². The van der Waals surface area contributed by atoms with Gasteiger partial charge in [0.25, 0.3) is 11.8 Å². The van der Waals surface area contributed by atoms with Crippen LogP contribution in [0.3, 0.4) is 0 Å². The lowest BCUT2D eigenvalue weighted by molar-refractivity contribution is 0.0443. The van der Waals surface area contributed by atoms with Crippen LogP contribution in [0.5, 0.6) is 0 Å². The predicted molar refractivity (Wildman–Crippen MR) is 164 cm³/mol. The number of aryl methyl sites for hydroxylation is 2. The zero-order chi connectivity index (χ0) is 32.4. The quantitative estimate of drug-likeness (QED) is 0.238. The third-order valence-corrected chi connectivity index (χ3v) is 6.86. The Morgan fingerprint density at radius 3 is 2.36 bits per heavy atom. The van der Waals surface area contributed by atoms with Gasteiger partial charge in [0, 0.05) is 26.1 Å². The third kappa shape index (κ3) is 7.43. The number of rotatable bonds is 9. The molecular formula is C32H36N8O5. The summed E-state index contributed by atoms with van der Waals surface area (Å²) in [5, 5.41) is 15.9. The lowest BCUT2D eigenvalue weighted by Crippen LogP contribution is -2.47. The second kappa shape index (κ2) is 12.3. The smallest absolute Gasteiger partial charge is 0.408 e. The van der Waals surface area contributed by atoms with E-state index in [-0.39, 0.29) is 29.3 Å². The minimum atomic E-state index is -1.14. The van der Waals surface area contributed by atoms with Gasteiger partial charge in [-0.2, -0.15) is 5.10 Å². The summed E-state index contributed by atoms with van der Waals surface area (Å²) in [6.45, 7) is 9.37. The topological polar surface area (TPSA) is 154 Å². The summed E-state index contributed by atoms with van der Waals surface area (Å²) in [5.74, 6) is 0.122. The van der Waals surface area contributed by atoms with E-state index in [2.05, 4.69) is 30.6 Å². The van der Waals surface area contributed by atoms with E-state index in [0.29, 0.717) is 24.2 Å². The van der Waals surface area contributed by atoms with Crippen LogP contribution in [0, 0.1) is 6.92 Å². The van der Waals surface area contributed by atoms with Gasteiger partial charge in [-0.1, -0.05) is 30.3 Å². The number of carbonyl (C=O) groups excluding carboxylic acids is 2. The highest BCUT2D eigenvalue weighted by molar-refractivity contribution is 5.95. The molecule has 0 aliphatic carbocycles. The standard InChI is InChI=1S/C32H36N8O5/c1-20-15-23(40(7)38-20)19-39(6)28(41)22-16-24(26-33-13-14-43-26)34-25(17-22)27-36-37-29(44-27)32(5,18-21-11-9-8-10-12-21)35-30(42)45-31(2,3)4/h8-17H,18-19H2,1-7H3,(H,35,42)/t32-/m1/s1. The molecule has 1 aromatic carbocycles. The maximum atomic E-state index is 13.7. The molecule has 0 bridgehead atoms. The number of nitrogens with one attached hydrogen (secondary N) is 1. The minimum Gasteiger partial charge on any atom is -0.444 e. The fraction of sp³-hybridized carbons (Fsp3) is 0.344. The van der Waals surface area contributed by atoms with Crippen LogP contribution in [0.25, 0.3) is 23.2 Å². The number of hydrogen-bond acceptors (Lipinski definition) is 10. The molecule has 0 aliphatic heterocycles. The number of alkyl carbamates (subject to hydrolysis) is 1. The van der Waals surface area contributed by atoms with Crippen LogP contribution in [0.2, 0.25) is 0 Å². The molecule has 0 spiro atoms. The lowest BCUT2D eigenvalue weighted by atomic mass is 9.92. The second-order valence-corrected chi connectivity index (χ2v) is 12.1. The first-order chi connectivity index (χ1) is 21.3. The van der Waals surface area contributed by atoms with E-state index >= 15 is 0 Å². The Morgan fingerprint density at radius 1 is 1.02 bits per heavy atom. The maximum Gasteiger partial charge on any atom is 0.408 e. The van der Waals surface area contributed by atoms with Gasteiger partial charge in [-0.25, -0.2) is 14.8 Å². The number of hydrogen-bond donors (Lipinski definition) is 1. The van der Waals surface area contributed by atoms with Gasteiger partial charge in [-0.05, 0) is 58.4 Å². The van der Waals surface area contributed by atoms with Gasteiger partial charge in [0.05, 0.1) is 24.1 Å². The van der Waals surface area contributed by atoms with Crippen LogP contribution in [-0.4, -0.2) is 59.5 Å². The Hall–Kier alpha value is -5.33. The zero-order valence-corrected chi connectivity index (χ0v) is 26.4. The molecule has 4 aromatic heterocycles. The molecule has 0 unspecified atom stereocenters. The Balaban J connectivity index is 1.50. The Morgan fingerprint density at radius 2 is 1.73 bits per heavy atom. The van der Waals surface area contributed by atoms with Crippen molar-refractivity contribution in [2.45, 2.75) is 58.7 Å². The number of pyridine rings is 1. The molecule has 4 heterocycles. The molecule has 13 nitrogen and oxygen atoms in total. The van der Waals surface area contributed by atoms with Crippen molar-refractivity contribution in [3.63, 3.8) is 0 Å².